The molecule has 1 rings (SSSR count). The molecule has 1 heterocycles. The van der Waals surface area contributed by atoms with E-state index < -0.39 is 34.8 Å². The van der Waals surface area contributed by atoms with Gasteiger partial charge in [-0.25, -0.2) is 0 Å². The standard InChI is InChI=1S/C11H22O6/c1-6(12)7-8(2,13)9(3,14)10(4,15)11(5,16)17-7/h6-7,12-16H,1-5H3/t6?,7-,8-,9+,10-,11+/m1/s1. The van der Waals surface area contributed by atoms with Gasteiger partial charge in [0.1, 0.15) is 22.9 Å². The molecule has 6 nitrogen and oxygen atoms in total. The Kier molecular flexibility index (Phi) is 3.16. The topological polar surface area (TPSA) is 110 Å². The van der Waals surface area contributed by atoms with Crippen molar-refractivity contribution in [1.82, 2.24) is 0 Å². The van der Waals surface area contributed by atoms with E-state index in [-0.39, 0.29) is 0 Å². The van der Waals surface area contributed by atoms with Gasteiger partial charge in [-0.15, -0.1) is 0 Å². The molecule has 1 unspecified atom stereocenters. The SMILES string of the molecule is CC(O)[C@H]1O[C@](C)(O)[C@](C)(O)[C@@](C)(O)[C@]1(C)O. The monoisotopic (exact) mass is 250 g/mol. The molecule has 1 fully saturated rings. The summed E-state index contributed by atoms with van der Waals surface area (Å²) in [6.45, 7) is 6.14. The summed E-state index contributed by atoms with van der Waals surface area (Å²) in [6.07, 6.45) is -2.35. The number of rotatable bonds is 1. The van der Waals surface area contributed by atoms with Gasteiger partial charge in [0.25, 0.3) is 0 Å². The molecule has 5 N–H and O–H groups in total. The number of hydrogen-bond acceptors (Lipinski definition) is 6. The lowest BCUT2D eigenvalue weighted by molar-refractivity contribution is -0.428. The minimum atomic E-state index is -2.10. The molecule has 0 aliphatic carbocycles. The first-order chi connectivity index (χ1) is 7.29. The normalized spacial score (nSPS) is 57.9. The van der Waals surface area contributed by atoms with Crippen molar-refractivity contribution in [3.8, 4) is 0 Å². The van der Waals surface area contributed by atoms with Crippen molar-refractivity contribution in [3.05, 3.63) is 0 Å². The third-order valence-corrected chi connectivity index (χ3v) is 4.19. The molecule has 0 saturated carbocycles. The zero-order valence-corrected chi connectivity index (χ0v) is 10.8. The maximum absolute atomic E-state index is 10.3. The fourth-order valence-corrected chi connectivity index (χ4v) is 2.27. The molecule has 0 amide bonds. The van der Waals surface area contributed by atoms with E-state index in [1.165, 1.54) is 34.6 Å². The molecule has 1 aliphatic rings. The van der Waals surface area contributed by atoms with E-state index in [0.717, 1.165) is 0 Å². The van der Waals surface area contributed by atoms with Gasteiger partial charge in [0.2, 0.25) is 0 Å². The number of aliphatic hydroxyl groups is 5. The molecule has 0 bridgehead atoms. The van der Waals surface area contributed by atoms with E-state index in [0.29, 0.717) is 0 Å². The Balaban J connectivity index is 3.34. The summed E-state index contributed by atoms with van der Waals surface area (Å²) in [7, 11) is 0. The third kappa shape index (κ3) is 1.71. The first-order valence-electron chi connectivity index (χ1n) is 5.54. The minimum absolute atomic E-state index is 1.13. The van der Waals surface area contributed by atoms with Crippen LogP contribution in [0, 0.1) is 0 Å². The van der Waals surface area contributed by atoms with Crippen LogP contribution in [0.15, 0.2) is 0 Å². The van der Waals surface area contributed by atoms with E-state index in [4.69, 9.17) is 4.74 Å². The Hall–Kier alpha value is -0.240. The Morgan fingerprint density at radius 3 is 1.71 bits per heavy atom. The summed E-state index contributed by atoms with van der Waals surface area (Å²) in [5, 5.41) is 50.4. The summed E-state index contributed by atoms with van der Waals surface area (Å²) >= 11 is 0. The number of hydrogen-bond donors (Lipinski definition) is 5. The van der Waals surface area contributed by atoms with E-state index in [1.807, 2.05) is 0 Å². The molecule has 0 radical (unpaired) electrons. The molecule has 0 aromatic heterocycles. The molecule has 1 aliphatic heterocycles. The highest BCUT2D eigenvalue weighted by Crippen LogP contribution is 2.48. The largest absolute Gasteiger partial charge is 0.391 e. The minimum Gasteiger partial charge on any atom is -0.391 e. The molecule has 0 aromatic rings. The fraction of sp³-hybridized carbons (Fsp3) is 1.00. The van der Waals surface area contributed by atoms with Gasteiger partial charge >= 0.3 is 0 Å². The summed E-state index contributed by atoms with van der Waals surface area (Å²) in [5.74, 6) is -2.10. The highest BCUT2D eigenvalue weighted by molar-refractivity contribution is 5.17. The lowest BCUT2D eigenvalue weighted by Crippen LogP contribution is -2.81. The highest BCUT2D eigenvalue weighted by atomic mass is 16.7. The Bertz CT molecular complexity index is 305. The van der Waals surface area contributed by atoms with Crippen LogP contribution >= 0.6 is 0 Å². The average Bonchev–Trinajstić information content (AvgIpc) is 2.11. The van der Waals surface area contributed by atoms with E-state index in [9.17, 15) is 25.5 Å². The zero-order valence-electron chi connectivity index (χ0n) is 10.8. The third-order valence-electron chi connectivity index (χ3n) is 4.19. The van der Waals surface area contributed by atoms with Crippen LogP contribution < -0.4 is 0 Å². The average molecular weight is 250 g/mol. The predicted octanol–water partition coefficient (Wildman–Crippen LogP) is -1.27. The molecule has 17 heavy (non-hydrogen) atoms. The lowest BCUT2D eigenvalue weighted by atomic mass is 9.64. The molecular formula is C11H22O6. The van der Waals surface area contributed by atoms with Crippen LogP contribution in [-0.4, -0.2) is 60.3 Å². The summed E-state index contributed by atoms with van der Waals surface area (Å²) < 4.78 is 5.15. The van der Waals surface area contributed by atoms with Gasteiger partial charge in [0.15, 0.2) is 5.79 Å². The van der Waals surface area contributed by atoms with Crippen molar-refractivity contribution in [2.24, 2.45) is 0 Å². The fourth-order valence-electron chi connectivity index (χ4n) is 2.27. The van der Waals surface area contributed by atoms with Crippen molar-refractivity contribution in [3.63, 3.8) is 0 Å². The van der Waals surface area contributed by atoms with Crippen LogP contribution in [0.1, 0.15) is 34.6 Å². The van der Waals surface area contributed by atoms with Crippen molar-refractivity contribution in [2.45, 2.75) is 69.4 Å². The van der Waals surface area contributed by atoms with E-state index in [2.05, 4.69) is 0 Å². The smallest absolute Gasteiger partial charge is 0.195 e. The van der Waals surface area contributed by atoms with Crippen LogP contribution in [0.25, 0.3) is 0 Å². The number of ether oxygens (including phenoxy) is 1. The van der Waals surface area contributed by atoms with Crippen molar-refractivity contribution < 1.29 is 30.3 Å². The van der Waals surface area contributed by atoms with Gasteiger partial charge in [-0.2, -0.15) is 0 Å². The Morgan fingerprint density at radius 1 is 0.941 bits per heavy atom. The second-order valence-electron chi connectivity index (χ2n) is 5.55. The van der Waals surface area contributed by atoms with Gasteiger partial charge in [-0.1, -0.05) is 0 Å². The molecule has 0 aromatic carbocycles. The first-order valence-corrected chi connectivity index (χ1v) is 5.54. The Labute approximate surface area is 100 Å². The van der Waals surface area contributed by atoms with Gasteiger partial charge < -0.3 is 30.3 Å². The van der Waals surface area contributed by atoms with Crippen LogP contribution in [0.4, 0.5) is 0 Å². The molecular weight excluding hydrogens is 228 g/mol. The lowest BCUT2D eigenvalue weighted by Gasteiger charge is -2.60. The second-order valence-corrected chi connectivity index (χ2v) is 5.55. The summed E-state index contributed by atoms with van der Waals surface area (Å²) in [6, 6.07) is 0. The second kappa shape index (κ2) is 3.63. The van der Waals surface area contributed by atoms with Gasteiger partial charge in [0, 0.05) is 0 Å². The first kappa shape index (κ1) is 14.8. The zero-order chi connectivity index (χ0) is 13.9. The molecule has 6 heteroatoms. The van der Waals surface area contributed by atoms with Crippen LogP contribution in [0.3, 0.4) is 0 Å². The van der Waals surface area contributed by atoms with Crippen LogP contribution in [0.5, 0.6) is 0 Å². The van der Waals surface area contributed by atoms with Gasteiger partial charge in [-0.05, 0) is 34.6 Å². The van der Waals surface area contributed by atoms with Gasteiger partial charge in [-0.3, -0.25) is 0 Å². The van der Waals surface area contributed by atoms with Crippen LogP contribution in [0.2, 0.25) is 0 Å². The number of aliphatic hydroxyl groups excluding tert-OH is 1. The molecule has 102 valence electrons. The molecule has 0 spiro atoms. The maximum atomic E-state index is 10.3. The summed E-state index contributed by atoms with van der Waals surface area (Å²) in [5.41, 5.74) is -6.09. The molecule has 6 atom stereocenters. The van der Waals surface area contributed by atoms with E-state index >= 15 is 0 Å². The van der Waals surface area contributed by atoms with Crippen molar-refractivity contribution in [1.29, 1.82) is 0 Å². The van der Waals surface area contributed by atoms with E-state index in [1.54, 1.807) is 0 Å². The van der Waals surface area contributed by atoms with Crippen molar-refractivity contribution >= 4 is 0 Å². The van der Waals surface area contributed by atoms with Crippen molar-refractivity contribution in [2.75, 3.05) is 0 Å². The summed E-state index contributed by atoms with van der Waals surface area (Å²) in [4.78, 5) is 0. The van der Waals surface area contributed by atoms with Gasteiger partial charge in [0.05, 0.1) is 6.10 Å². The molecule has 1 saturated heterocycles. The highest BCUT2D eigenvalue weighted by Gasteiger charge is 2.70. The Morgan fingerprint density at radius 2 is 1.35 bits per heavy atom. The van der Waals surface area contributed by atoms with Crippen LogP contribution in [-0.2, 0) is 4.74 Å². The quantitative estimate of drug-likeness (QED) is 0.397. The predicted molar refractivity (Wildman–Crippen MR) is 59.0 cm³/mol. The maximum Gasteiger partial charge on any atom is 0.195 e.